The van der Waals surface area contributed by atoms with Crippen LogP contribution >= 0.6 is 0 Å². The van der Waals surface area contributed by atoms with Gasteiger partial charge < -0.3 is 10.6 Å². The minimum absolute atomic E-state index is 0.0241. The lowest BCUT2D eigenvalue weighted by Gasteiger charge is -2.37. The van der Waals surface area contributed by atoms with Crippen molar-refractivity contribution < 1.29 is 8.42 Å². The molecule has 0 unspecified atom stereocenters. The van der Waals surface area contributed by atoms with E-state index >= 15 is 0 Å². The Balaban J connectivity index is 2.18. The molecule has 0 amide bonds. The van der Waals surface area contributed by atoms with Crippen molar-refractivity contribution in [2.75, 3.05) is 18.0 Å². The number of aromatic nitrogens is 1. The Morgan fingerprint density at radius 3 is 2.47 bits per heavy atom. The van der Waals surface area contributed by atoms with Crippen LogP contribution in [0.3, 0.4) is 0 Å². The van der Waals surface area contributed by atoms with E-state index in [1.165, 1.54) is 12.3 Å². The van der Waals surface area contributed by atoms with E-state index in [2.05, 4.69) is 4.98 Å². The first kappa shape index (κ1) is 10.3. The van der Waals surface area contributed by atoms with Gasteiger partial charge in [0.25, 0.3) is 0 Å². The molecule has 1 aromatic rings. The Morgan fingerprint density at radius 1 is 1.40 bits per heavy atom. The molecule has 0 aliphatic carbocycles. The number of pyridine rings is 1. The zero-order valence-electron chi connectivity index (χ0n) is 8.00. The van der Waals surface area contributed by atoms with Gasteiger partial charge in [-0.2, -0.15) is 0 Å². The summed E-state index contributed by atoms with van der Waals surface area (Å²) in [6.07, 6.45) is 1.26. The second-order valence-corrected chi connectivity index (χ2v) is 5.12. The average Bonchev–Trinajstić information content (AvgIpc) is 2.12. The molecule has 7 heteroatoms. The maximum atomic E-state index is 11.0. The molecule has 15 heavy (non-hydrogen) atoms. The summed E-state index contributed by atoms with van der Waals surface area (Å²) in [5.74, 6) is 0.726. The molecule has 1 aliphatic rings. The third-order valence-electron chi connectivity index (χ3n) is 2.28. The van der Waals surface area contributed by atoms with Crippen molar-refractivity contribution in [3.63, 3.8) is 0 Å². The molecule has 0 aromatic carbocycles. The van der Waals surface area contributed by atoms with Gasteiger partial charge in [0.1, 0.15) is 10.7 Å². The minimum Gasteiger partial charge on any atom is -0.353 e. The molecule has 2 rings (SSSR count). The highest BCUT2D eigenvalue weighted by Crippen LogP contribution is 2.18. The van der Waals surface area contributed by atoms with Gasteiger partial charge in [0.15, 0.2) is 0 Å². The van der Waals surface area contributed by atoms with Gasteiger partial charge in [0, 0.05) is 25.3 Å². The number of rotatable bonds is 2. The molecule has 1 fully saturated rings. The van der Waals surface area contributed by atoms with Crippen LogP contribution in [0.4, 0.5) is 5.82 Å². The first-order valence-electron chi connectivity index (χ1n) is 4.46. The van der Waals surface area contributed by atoms with Crippen molar-refractivity contribution >= 4 is 15.8 Å². The quantitative estimate of drug-likeness (QED) is 0.667. The van der Waals surface area contributed by atoms with E-state index in [9.17, 15) is 8.42 Å². The molecular weight excluding hydrogens is 216 g/mol. The fourth-order valence-corrected chi connectivity index (χ4v) is 1.88. The van der Waals surface area contributed by atoms with Gasteiger partial charge in [0.2, 0.25) is 10.0 Å². The molecule has 82 valence electrons. The van der Waals surface area contributed by atoms with Gasteiger partial charge >= 0.3 is 0 Å². The smallest absolute Gasteiger partial charge is 0.239 e. The van der Waals surface area contributed by atoms with Crippen LogP contribution in [0.1, 0.15) is 0 Å². The zero-order valence-corrected chi connectivity index (χ0v) is 8.81. The number of nitrogens with zero attached hydrogens (tertiary/aromatic N) is 2. The largest absolute Gasteiger partial charge is 0.353 e. The van der Waals surface area contributed by atoms with E-state index in [-0.39, 0.29) is 10.9 Å². The molecule has 1 aliphatic heterocycles. The van der Waals surface area contributed by atoms with Gasteiger partial charge in [-0.05, 0) is 12.1 Å². The van der Waals surface area contributed by atoms with E-state index in [1.807, 2.05) is 4.90 Å². The number of anilines is 1. The highest BCUT2D eigenvalue weighted by Gasteiger charge is 2.24. The molecule has 0 atom stereocenters. The third kappa shape index (κ3) is 2.09. The first-order chi connectivity index (χ1) is 6.97. The highest BCUT2D eigenvalue weighted by atomic mass is 32.2. The minimum atomic E-state index is -3.65. The van der Waals surface area contributed by atoms with Crippen LogP contribution in [0.25, 0.3) is 0 Å². The monoisotopic (exact) mass is 228 g/mol. The summed E-state index contributed by atoms with van der Waals surface area (Å²) in [5, 5.41) is 4.95. The van der Waals surface area contributed by atoms with E-state index < -0.39 is 10.0 Å². The molecule has 0 bridgehead atoms. The Bertz CT molecular complexity index is 450. The van der Waals surface area contributed by atoms with Crippen LogP contribution in [-0.2, 0) is 10.0 Å². The number of sulfonamides is 1. The fourth-order valence-electron chi connectivity index (χ4n) is 1.43. The van der Waals surface area contributed by atoms with Crippen molar-refractivity contribution in [3.05, 3.63) is 18.3 Å². The van der Waals surface area contributed by atoms with Crippen molar-refractivity contribution in [1.29, 1.82) is 0 Å². The lowest BCUT2D eigenvalue weighted by atomic mass is 10.1. The molecular formula is C8H12N4O2S. The Labute approximate surface area is 87.9 Å². The number of nitrogens with two attached hydrogens (primary N) is 2. The average molecular weight is 228 g/mol. The Hall–Kier alpha value is -1.18. The Kier molecular flexibility index (Phi) is 2.37. The predicted octanol–water partition coefficient (Wildman–Crippen LogP) is -1.12. The van der Waals surface area contributed by atoms with Gasteiger partial charge in [-0.25, -0.2) is 18.5 Å². The molecule has 1 aromatic heterocycles. The topological polar surface area (TPSA) is 102 Å². The van der Waals surface area contributed by atoms with Crippen molar-refractivity contribution in [2.24, 2.45) is 10.9 Å². The van der Waals surface area contributed by atoms with Crippen LogP contribution in [0.5, 0.6) is 0 Å². The maximum Gasteiger partial charge on any atom is 0.239 e. The lowest BCUT2D eigenvalue weighted by Crippen LogP contribution is -2.56. The molecule has 1 saturated heterocycles. The number of hydrogen-bond donors (Lipinski definition) is 2. The van der Waals surface area contributed by atoms with Crippen molar-refractivity contribution in [1.82, 2.24) is 4.98 Å². The molecule has 0 saturated carbocycles. The second-order valence-electron chi connectivity index (χ2n) is 3.56. The second kappa shape index (κ2) is 3.44. The number of hydrogen-bond acceptors (Lipinski definition) is 5. The molecule has 2 heterocycles. The SMILES string of the molecule is NC1CN(c2ccc(S(N)(=O)=O)cn2)C1. The molecule has 4 N–H and O–H groups in total. The van der Waals surface area contributed by atoms with E-state index in [1.54, 1.807) is 6.07 Å². The molecule has 6 nitrogen and oxygen atoms in total. The van der Waals surface area contributed by atoms with Crippen LogP contribution in [0.2, 0.25) is 0 Å². The van der Waals surface area contributed by atoms with Gasteiger partial charge in [0.05, 0.1) is 0 Å². The number of primary sulfonamides is 1. The molecule has 0 spiro atoms. The standard InChI is InChI=1S/C8H12N4O2S/c9-6-4-12(5-6)8-2-1-7(3-11-8)15(10,13)14/h1-3,6H,4-5,9H2,(H2,10,13,14). The highest BCUT2D eigenvalue weighted by molar-refractivity contribution is 7.89. The van der Waals surface area contributed by atoms with Gasteiger partial charge in [-0.1, -0.05) is 0 Å². The zero-order chi connectivity index (χ0) is 11.1. The summed E-state index contributed by atoms with van der Waals surface area (Å²) in [6, 6.07) is 3.26. The van der Waals surface area contributed by atoms with E-state index in [0.717, 1.165) is 18.9 Å². The summed E-state index contributed by atoms with van der Waals surface area (Å²) >= 11 is 0. The van der Waals surface area contributed by atoms with E-state index in [4.69, 9.17) is 10.9 Å². The van der Waals surface area contributed by atoms with Crippen LogP contribution in [0, 0.1) is 0 Å². The van der Waals surface area contributed by atoms with Crippen LogP contribution in [-0.4, -0.2) is 32.5 Å². The summed E-state index contributed by atoms with van der Waals surface area (Å²) in [4.78, 5) is 6.01. The lowest BCUT2D eigenvalue weighted by molar-refractivity contribution is 0.514. The van der Waals surface area contributed by atoms with E-state index in [0.29, 0.717) is 0 Å². The third-order valence-corrected chi connectivity index (χ3v) is 3.18. The maximum absolute atomic E-state index is 11.0. The summed E-state index contributed by atoms with van der Waals surface area (Å²) in [6.45, 7) is 1.50. The summed E-state index contributed by atoms with van der Waals surface area (Å²) in [5.41, 5.74) is 5.62. The normalized spacial score (nSPS) is 17.6. The Morgan fingerprint density at radius 2 is 2.07 bits per heavy atom. The first-order valence-corrected chi connectivity index (χ1v) is 6.01. The summed E-state index contributed by atoms with van der Waals surface area (Å²) < 4.78 is 21.9. The van der Waals surface area contributed by atoms with Crippen molar-refractivity contribution in [3.8, 4) is 0 Å². The fraction of sp³-hybridized carbons (Fsp3) is 0.375. The van der Waals surface area contributed by atoms with Crippen LogP contribution in [0.15, 0.2) is 23.2 Å². The van der Waals surface area contributed by atoms with Gasteiger partial charge in [-0.15, -0.1) is 0 Å². The predicted molar refractivity (Wildman–Crippen MR) is 55.8 cm³/mol. The summed E-state index contributed by atoms with van der Waals surface area (Å²) in [7, 11) is -3.65. The van der Waals surface area contributed by atoms with Crippen LogP contribution < -0.4 is 15.8 Å². The van der Waals surface area contributed by atoms with Crippen molar-refractivity contribution in [2.45, 2.75) is 10.9 Å². The molecule has 0 radical (unpaired) electrons. The van der Waals surface area contributed by atoms with Gasteiger partial charge in [-0.3, -0.25) is 0 Å².